The summed E-state index contributed by atoms with van der Waals surface area (Å²) in [5.74, 6) is 1.25. The second-order valence-corrected chi connectivity index (χ2v) is 4.28. The summed E-state index contributed by atoms with van der Waals surface area (Å²) in [5.41, 5.74) is 9.09. The van der Waals surface area contributed by atoms with Crippen molar-refractivity contribution in [3.8, 4) is 0 Å². The lowest BCUT2D eigenvalue weighted by Gasteiger charge is -2.27. The third kappa shape index (κ3) is 2.35. The maximum absolute atomic E-state index is 4.50. The maximum atomic E-state index is 4.50. The quantitative estimate of drug-likeness (QED) is 0.711. The third-order valence-corrected chi connectivity index (χ3v) is 3.45. The lowest BCUT2D eigenvalue weighted by atomic mass is 9.78. The Balaban J connectivity index is 0.000000606. The monoisotopic (exact) mass is 217 g/mol. The van der Waals surface area contributed by atoms with Crippen LogP contribution in [0.4, 0.5) is 0 Å². The molecule has 0 spiro atoms. The molecule has 0 bridgehead atoms. The van der Waals surface area contributed by atoms with Crippen molar-refractivity contribution in [3.05, 3.63) is 47.0 Å². The smallest absolute Gasteiger partial charge is 0.00210 e. The largest absolute Gasteiger partial charge is 0.333 e. The molecule has 0 aromatic heterocycles. The molecule has 1 unspecified atom stereocenters. The summed E-state index contributed by atoms with van der Waals surface area (Å²) >= 11 is 0. The average molecular weight is 217 g/mol. The van der Waals surface area contributed by atoms with Crippen molar-refractivity contribution in [2.24, 2.45) is 5.73 Å². The van der Waals surface area contributed by atoms with Gasteiger partial charge in [-0.2, -0.15) is 0 Å². The van der Waals surface area contributed by atoms with Crippen molar-refractivity contribution in [2.75, 3.05) is 7.05 Å². The van der Waals surface area contributed by atoms with E-state index in [1.54, 1.807) is 0 Å². The average Bonchev–Trinajstić information content (AvgIpc) is 2.36. The van der Waals surface area contributed by atoms with Crippen molar-refractivity contribution in [3.63, 3.8) is 0 Å². The van der Waals surface area contributed by atoms with E-state index in [1.165, 1.54) is 30.2 Å². The normalized spacial score (nSPS) is 22.7. The van der Waals surface area contributed by atoms with Gasteiger partial charge >= 0.3 is 0 Å². The van der Waals surface area contributed by atoms with Gasteiger partial charge in [0.05, 0.1) is 0 Å². The highest BCUT2D eigenvalue weighted by Crippen LogP contribution is 2.38. The van der Waals surface area contributed by atoms with Crippen molar-refractivity contribution >= 4 is 0 Å². The predicted octanol–water partition coefficient (Wildman–Crippen LogP) is 3.82. The zero-order chi connectivity index (χ0) is 12.1. The Morgan fingerprint density at radius 2 is 1.69 bits per heavy atom. The molecule has 0 saturated heterocycles. The van der Waals surface area contributed by atoms with E-state index in [9.17, 15) is 0 Å². The summed E-state index contributed by atoms with van der Waals surface area (Å²) in [6.07, 6.45) is 3.65. The lowest BCUT2D eigenvalue weighted by molar-refractivity contribution is 0.723. The van der Waals surface area contributed by atoms with Crippen LogP contribution in [0.2, 0.25) is 0 Å². The molecule has 16 heavy (non-hydrogen) atoms. The molecule has 0 heterocycles. The predicted molar refractivity (Wildman–Crippen MR) is 71.8 cm³/mol. The van der Waals surface area contributed by atoms with E-state index < -0.39 is 0 Å². The van der Waals surface area contributed by atoms with Crippen LogP contribution in [0, 0.1) is 0 Å². The van der Waals surface area contributed by atoms with Gasteiger partial charge in [0.2, 0.25) is 0 Å². The van der Waals surface area contributed by atoms with Gasteiger partial charge in [0, 0.05) is 11.8 Å². The number of nitrogens with two attached hydrogens (primary N) is 1. The molecule has 0 aliphatic heterocycles. The van der Waals surface area contributed by atoms with Crippen LogP contribution in [0.15, 0.2) is 35.9 Å². The maximum Gasteiger partial charge on any atom is 0.00210 e. The van der Waals surface area contributed by atoms with Crippen LogP contribution in [0.3, 0.4) is 0 Å². The van der Waals surface area contributed by atoms with Crippen LogP contribution in [0.5, 0.6) is 0 Å². The summed E-state index contributed by atoms with van der Waals surface area (Å²) in [7, 11) is 1.50. The Bertz CT molecular complexity index is 365. The van der Waals surface area contributed by atoms with Gasteiger partial charge in [-0.05, 0) is 31.5 Å². The van der Waals surface area contributed by atoms with Crippen LogP contribution in [0.25, 0.3) is 0 Å². The van der Waals surface area contributed by atoms with Crippen LogP contribution in [0.1, 0.15) is 50.2 Å². The van der Waals surface area contributed by atoms with Gasteiger partial charge in [-0.15, -0.1) is 0 Å². The third-order valence-electron chi connectivity index (χ3n) is 3.45. The second-order valence-electron chi connectivity index (χ2n) is 4.28. The molecule has 1 aromatic carbocycles. The number of hydrogen-bond donors (Lipinski definition) is 1. The summed E-state index contributed by atoms with van der Waals surface area (Å²) in [4.78, 5) is 0. The van der Waals surface area contributed by atoms with E-state index in [2.05, 4.69) is 56.8 Å². The minimum Gasteiger partial charge on any atom is -0.333 e. The summed E-state index contributed by atoms with van der Waals surface area (Å²) in [6.45, 7) is 6.82. The first-order chi connectivity index (χ1) is 7.74. The molecule has 1 aromatic rings. The molecule has 2 N–H and O–H groups in total. The van der Waals surface area contributed by atoms with Crippen molar-refractivity contribution in [1.82, 2.24) is 0 Å². The van der Waals surface area contributed by atoms with Crippen LogP contribution >= 0.6 is 0 Å². The van der Waals surface area contributed by atoms with E-state index in [0.717, 1.165) is 0 Å². The van der Waals surface area contributed by atoms with E-state index in [0.29, 0.717) is 11.8 Å². The van der Waals surface area contributed by atoms with Gasteiger partial charge in [-0.3, -0.25) is 0 Å². The molecular formula is C15H23N. The highest BCUT2D eigenvalue weighted by Gasteiger charge is 2.21. The lowest BCUT2D eigenvalue weighted by Crippen LogP contribution is -2.10. The molecule has 88 valence electrons. The number of allylic oxidation sites excluding steroid dienone is 2. The zero-order valence-electron chi connectivity index (χ0n) is 10.8. The Kier molecular flexibility index (Phi) is 4.75. The minimum absolute atomic E-state index is 0.606. The standard InChI is InChI=1S/C14H18.CH5N/c1-4-12-9-10(2)11(3)13-7-5-6-8-14(12)13;1-2/h5-9,11-12H,4H2,1-3H3;2H2,1H3/t11-,12?;/m0./s1. The molecule has 2 atom stereocenters. The van der Waals surface area contributed by atoms with Crippen molar-refractivity contribution < 1.29 is 0 Å². The number of rotatable bonds is 1. The topological polar surface area (TPSA) is 26.0 Å². The van der Waals surface area contributed by atoms with Crippen LogP contribution in [-0.2, 0) is 0 Å². The highest BCUT2D eigenvalue weighted by molar-refractivity contribution is 5.43. The molecule has 0 saturated carbocycles. The van der Waals surface area contributed by atoms with Gasteiger partial charge in [0.15, 0.2) is 0 Å². The molecule has 0 fully saturated rings. The van der Waals surface area contributed by atoms with Gasteiger partial charge in [-0.25, -0.2) is 0 Å². The number of hydrogen-bond acceptors (Lipinski definition) is 1. The van der Waals surface area contributed by atoms with E-state index in [-0.39, 0.29) is 0 Å². The Morgan fingerprint density at radius 3 is 2.25 bits per heavy atom. The van der Waals surface area contributed by atoms with Gasteiger partial charge in [0.25, 0.3) is 0 Å². The molecule has 1 aliphatic carbocycles. The SMILES string of the molecule is CCC1C=C(C)[C@H](C)c2ccccc21.CN. The first kappa shape index (κ1) is 13.0. The fourth-order valence-electron chi connectivity index (χ4n) is 2.38. The molecule has 1 heteroatoms. The van der Waals surface area contributed by atoms with Gasteiger partial charge < -0.3 is 5.73 Å². The summed E-state index contributed by atoms with van der Waals surface area (Å²) < 4.78 is 0. The van der Waals surface area contributed by atoms with E-state index in [1.807, 2.05) is 0 Å². The molecule has 0 radical (unpaired) electrons. The fourth-order valence-corrected chi connectivity index (χ4v) is 2.38. The Hall–Kier alpha value is -1.08. The zero-order valence-corrected chi connectivity index (χ0v) is 10.8. The summed E-state index contributed by atoms with van der Waals surface area (Å²) in [5, 5.41) is 0. The first-order valence-corrected chi connectivity index (χ1v) is 6.09. The fraction of sp³-hybridized carbons (Fsp3) is 0.467. The van der Waals surface area contributed by atoms with Crippen molar-refractivity contribution in [1.29, 1.82) is 0 Å². The van der Waals surface area contributed by atoms with E-state index >= 15 is 0 Å². The summed E-state index contributed by atoms with van der Waals surface area (Å²) in [6, 6.07) is 8.87. The molecule has 1 aliphatic rings. The van der Waals surface area contributed by atoms with Gasteiger partial charge in [-0.1, -0.05) is 49.8 Å². The molecular weight excluding hydrogens is 194 g/mol. The van der Waals surface area contributed by atoms with Gasteiger partial charge in [0.1, 0.15) is 0 Å². The molecule has 2 rings (SSSR count). The first-order valence-electron chi connectivity index (χ1n) is 6.09. The Labute approximate surface area is 99.4 Å². The molecule has 0 amide bonds. The second kappa shape index (κ2) is 5.86. The van der Waals surface area contributed by atoms with Crippen molar-refractivity contribution in [2.45, 2.75) is 39.0 Å². The van der Waals surface area contributed by atoms with Crippen LogP contribution < -0.4 is 5.73 Å². The molecule has 1 nitrogen and oxygen atoms in total. The van der Waals surface area contributed by atoms with Crippen LogP contribution in [-0.4, -0.2) is 7.05 Å². The number of benzene rings is 1. The Morgan fingerprint density at radius 1 is 1.12 bits per heavy atom. The van der Waals surface area contributed by atoms with E-state index in [4.69, 9.17) is 0 Å². The number of fused-ring (bicyclic) bond motifs is 1. The highest BCUT2D eigenvalue weighted by atomic mass is 14.4. The minimum atomic E-state index is 0.606.